The highest BCUT2D eigenvalue weighted by Crippen LogP contribution is 2.27. The highest BCUT2D eigenvalue weighted by Gasteiger charge is 2.20. The monoisotopic (exact) mass is 392 g/mol. The number of hydrogen-bond donors (Lipinski definition) is 2. The average molecular weight is 392 g/mol. The number of benzene rings is 1. The lowest BCUT2D eigenvalue weighted by Crippen LogP contribution is -2.24. The molecule has 2 N–H and O–H groups in total. The zero-order valence-electron chi connectivity index (χ0n) is 14.5. The summed E-state index contributed by atoms with van der Waals surface area (Å²) in [6.07, 6.45) is 1.76. The second-order valence-corrected chi connectivity index (χ2v) is 6.28. The quantitative estimate of drug-likeness (QED) is 0.319. The molecule has 0 bridgehead atoms. The third kappa shape index (κ3) is 5.31. The van der Waals surface area contributed by atoms with E-state index in [0.29, 0.717) is 17.9 Å². The molecule has 0 spiro atoms. The van der Waals surface area contributed by atoms with Crippen molar-refractivity contribution in [1.82, 2.24) is 10.3 Å². The second kappa shape index (κ2) is 8.85. The van der Waals surface area contributed by atoms with Crippen molar-refractivity contribution < 1.29 is 24.0 Å². The first-order chi connectivity index (χ1) is 12.8. The second-order valence-electron chi connectivity index (χ2n) is 5.28. The molecular formula is C16H16N4O6S. The number of ether oxygens (including phenoxy) is 1. The normalized spacial score (nSPS) is 10.1. The maximum absolute atomic E-state index is 12.5. The number of aromatic nitrogens is 1. The summed E-state index contributed by atoms with van der Waals surface area (Å²) in [7, 11) is 0. The van der Waals surface area contributed by atoms with Crippen LogP contribution in [0, 0.1) is 10.1 Å². The van der Waals surface area contributed by atoms with Crippen molar-refractivity contribution in [2.75, 3.05) is 11.9 Å². The average Bonchev–Trinajstić information content (AvgIpc) is 3.08. The lowest BCUT2D eigenvalue weighted by atomic mass is 10.1. The van der Waals surface area contributed by atoms with Crippen molar-refractivity contribution in [3.05, 3.63) is 45.6 Å². The fraction of sp³-hybridized carbons (Fsp3) is 0.250. The Labute approximate surface area is 157 Å². The highest BCUT2D eigenvalue weighted by atomic mass is 32.1. The van der Waals surface area contributed by atoms with Crippen molar-refractivity contribution >= 4 is 39.3 Å². The van der Waals surface area contributed by atoms with Crippen LogP contribution < -0.4 is 15.4 Å². The SMILES string of the molecule is CCCNC(=O)c1ccc(OC(C)=O)c(C(=O)Nc2ncc([N+](=O)[O-])s2)c1. The summed E-state index contributed by atoms with van der Waals surface area (Å²) in [5.41, 5.74) is 0.127. The summed E-state index contributed by atoms with van der Waals surface area (Å²) in [5.74, 6) is -1.79. The molecule has 0 saturated heterocycles. The summed E-state index contributed by atoms with van der Waals surface area (Å²) in [4.78, 5) is 49.8. The van der Waals surface area contributed by atoms with Crippen molar-refractivity contribution in [3.63, 3.8) is 0 Å². The molecule has 1 aromatic carbocycles. The van der Waals surface area contributed by atoms with Gasteiger partial charge in [0.25, 0.3) is 11.8 Å². The van der Waals surface area contributed by atoms with Crippen LogP contribution in [0.1, 0.15) is 41.0 Å². The minimum atomic E-state index is -0.722. The Morgan fingerprint density at radius 1 is 1.30 bits per heavy atom. The van der Waals surface area contributed by atoms with Gasteiger partial charge in [0, 0.05) is 19.0 Å². The number of carbonyl (C=O) groups excluding carboxylic acids is 3. The molecule has 0 aliphatic heterocycles. The summed E-state index contributed by atoms with van der Waals surface area (Å²) in [6, 6.07) is 4.04. The van der Waals surface area contributed by atoms with E-state index in [4.69, 9.17) is 4.74 Å². The van der Waals surface area contributed by atoms with Crippen LogP contribution in [0.4, 0.5) is 10.1 Å². The van der Waals surface area contributed by atoms with Crippen LogP contribution in [0.25, 0.3) is 0 Å². The summed E-state index contributed by atoms with van der Waals surface area (Å²) in [6.45, 7) is 3.54. The van der Waals surface area contributed by atoms with E-state index in [1.54, 1.807) is 0 Å². The first-order valence-corrected chi connectivity index (χ1v) is 8.65. The Balaban J connectivity index is 2.31. The molecule has 2 amide bonds. The number of thiazole rings is 1. The Hall–Kier alpha value is -3.34. The van der Waals surface area contributed by atoms with E-state index < -0.39 is 16.8 Å². The fourth-order valence-corrected chi connectivity index (χ4v) is 2.63. The van der Waals surface area contributed by atoms with Gasteiger partial charge in [-0.1, -0.05) is 6.92 Å². The number of rotatable bonds is 7. The van der Waals surface area contributed by atoms with E-state index in [9.17, 15) is 24.5 Å². The molecular weight excluding hydrogens is 376 g/mol. The molecule has 0 aliphatic rings. The molecule has 1 heterocycles. The van der Waals surface area contributed by atoms with Crippen LogP contribution in [-0.2, 0) is 4.79 Å². The summed E-state index contributed by atoms with van der Waals surface area (Å²) >= 11 is 0.676. The van der Waals surface area contributed by atoms with Gasteiger partial charge in [0.1, 0.15) is 11.9 Å². The zero-order valence-corrected chi connectivity index (χ0v) is 15.3. The first-order valence-electron chi connectivity index (χ1n) is 7.84. The maximum Gasteiger partial charge on any atom is 0.345 e. The zero-order chi connectivity index (χ0) is 20.0. The van der Waals surface area contributed by atoms with E-state index in [1.165, 1.54) is 25.1 Å². The molecule has 2 aromatic rings. The van der Waals surface area contributed by atoms with Crippen LogP contribution >= 0.6 is 11.3 Å². The van der Waals surface area contributed by atoms with Crippen molar-refractivity contribution in [2.24, 2.45) is 0 Å². The third-order valence-corrected chi connectivity index (χ3v) is 4.03. The molecule has 10 nitrogen and oxygen atoms in total. The van der Waals surface area contributed by atoms with E-state index >= 15 is 0 Å². The van der Waals surface area contributed by atoms with Crippen LogP contribution in [0.15, 0.2) is 24.4 Å². The van der Waals surface area contributed by atoms with Gasteiger partial charge in [0.15, 0.2) is 5.13 Å². The van der Waals surface area contributed by atoms with Gasteiger partial charge in [0.2, 0.25) is 0 Å². The van der Waals surface area contributed by atoms with Crippen molar-refractivity contribution in [3.8, 4) is 5.75 Å². The number of nitro groups is 1. The predicted molar refractivity (Wildman–Crippen MR) is 97.1 cm³/mol. The molecule has 1 aromatic heterocycles. The van der Waals surface area contributed by atoms with Gasteiger partial charge in [-0.15, -0.1) is 0 Å². The number of amides is 2. The van der Waals surface area contributed by atoms with E-state index in [1.807, 2.05) is 6.92 Å². The highest BCUT2D eigenvalue weighted by molar-refractivity contribution is 7.18. The fourth-order valence-electron chi connectivity index (χ4n) is 2.01. The maximum atomic E-state index is 12.5. The van der Waals surface area contributed by atoms with E-state index in [2.05, 4.69) is 15.6 Å². The smallest absolute Gasteiger partial charge is 0.345 e. The molecule has 0 saturated carbocycles. The van der Waals surface area contributed by atoms with Gasteiger partial charge in [-0.2, -0.15) is 0 Å². The summed E-state index contributed by atoms with van der Waals surface area (Å²) < 4.78 is 5.01. The molecule has 11 heteroatoms. The molecule has 0 aliphatic carbocycles. The minimum Gasteiger partial charge on any atom is -0.426 e. The number of anilines is 1. The van der Waals surface area contributed by atoms with Crippen molar-refractivity contribution in [1.29, 1.82) is 0 Å². The molecule has 2 rings (SSSR count). The topological polar surface area (TPSA) is 141 Å². The molecule has 27 heavy (non-hydrogen) atoms. The van der Waals surface area contributed by atoms with Crippen LogP contribution in [0.3, 0.4) is 0 Å². The van der Waals surface area contributed by atoms with Gasteiger partial charge in [-0.25, -0.2) is 4.98 Å². The predicted octanol–water partition coefficient (Wildman–Crippen LogP) is 2.37. The first kappa shape index (κ1) is 20.0. The molecule has 142 valence electrons. The van der Waals surface area contributed by atoms with Gasteiger partial charge in [0.05, 0.1) is 10.5 Å². The lowest BCUT2D eigenvalue weighted by molar-refractivity contribution is -0.380. The number of esters is 1. The number of carbonyl (C=O) groups is 3. The number of hydrogen-bond acceptors (Lipinski definition) is 8. The lowest BCUT2D eigenvalue weighted by Gasteiger charge is -2.11. The molecule has 0 unspecified atom stereocenters. The van der Waals surface area contributed by atoms with Gasteiger partial charge in [-0.3, -0.25) is 29.8 Å². The van der Waals surface area contributed by atoms with E-state index in [-0.39, 0.29) is 32.9 Å². The molecule has 0 atom stereocenters. The van der Waals surface area contributed by atoms with Gasteiger partial charge < -0.3 is 10.1 Å². The Kier molecular flexibility index (Phi) is 6.55. The Morgan fingerprint density at radius 3 is 2.63 bits per heavy atom. The van der Waals surface area contributed by atoms with Crippen LogP contribution in [0.5, 0.6) is 5.75 Å². The third-order valence-electron chi connectivity index (χ3n) is 3.17. The Bertz CT molecular complexity index is 895. The van der Waals surface area contributed by atoms with Gasteiger partial charge >= 0.3 is 11.0 Å². The van der Waals surface area contributed by atoms with Gasteiger partial charge in [-0.05, 0) is 36.0 Å². The number of nitrogens with zero attached hydrogens (tertiary/aromatic N) is 2. The van der Waals surface area contributed by atoms with Crippen molar-refractivity contribution in [2.45, 2.75) is 20.3 Å². The molecule has 0 fully saturated rings. The minimum absolute atomic E-state index is 0.00122. The number of nitrogens with one attached hydrogen (secondary N) is 2. The standard InChI is InChI=1S/C16H16N4O6S/c1-3-6-17-14(22)10-4-5-12(26-9(2)21)11(7-10)15(23)19-16-18-8-13(27-16)20(24)25/h4-5,7-8H,3,6H2,1-2H3,(H,17,22)(H,18,19,23). The van der Waals surface area contributed by atoms with E-state index in [0.717, 1.165) is 12.6 Å². The largest absolute Gasteiger partial charge is 0.426 e. The van der Waals surface area contributed by atoms with Crippen LogP contribution in [-0.4, -0.2) is 34.2 Å². The summed E-state index contributed by atoms with van der Waals surface area (Å²) in [5, 5.41) is 15.6. The Morgan fingerprint density at radius 2 is 2.04 bits per heavy atom. The van der Waals surface area contributed by atoms with Crippen LogP contribution in [0.2, 0.25) is 0 Å². The molecule has 0 radical (unpaired) electrons.